The summed E-state index contributed by atoms with van der Waals surface area (Å²) in [5.41, 5.74) is 2.58. The lowest BCUT2D eigenvalue weighted by atomic mass is 10.0. The Hall–Kier alpha value is -2.07. The van der Waals surface area contributed by atoms with Crippen molar-refractivity contribution in [3.63, 3.8) is 0 Å². The number of rotatable bonds is 4. The van der Waals surface area contributed by atoms with Crippen LogP contribution < -0.4 is 5.32 Å². The van der Waals surface area contributed by atoms with Crippen molar-refractivity contribution >= 4 is 23.0 Å². The molecule has 0 bridgehead atoms. The van der Waals surface area contributed by atoms with E-state index < -0.39 is 4.92 Å². The molecular formula is C15H15ClN2O2. The van der Waals surface area contributed by atoms with Crippen LogP contribution in [0.1, 0.15) is 24.1 Å². The molecule has 0 heterocycles. The van der Waals surface area contributed by atoms with E-state index >= 15 is 0 Å². The number of nitrogens with one attached hydrogen (secondary N) is 1. The quantitative estimate of drug-likeness (QED) is 0.654. The molecule has 20 heavy (non-hydrogen) atoms. The number of nitrogens with zero attached hydrogens (tertiary/aromatic N) is 1. The van der Waals surface area contributed by atoms with Crippen molar-refractivity contribution in [3.8, 4) is 0 Å². The van der Waals surface area contributed by atoms with Crippen LogP contribution in [-0.2, 0) is 0 Å². The van der Waals surface area contributed by atoms with Crippen LogP contribution >= 0.6 is 11.6 Å². The summed E-state index contributed by atoms with van der Waals surface area (Å²) in [4.78, 5) is 10.6. The third-order valence-corrected chi connectivity index (χ3v) is 3.50. The highest BCUT2D eigenvalue weighted by Gasteiger charge is 2.20. The molecule has 2 aromatic rings. The van der Waals surface area contributed by atoms with Gasteiger partial charge in [-0.1, -0.05) is 41.9 Å². The molecule has 0 aliphatic heterocycles. The molecule has 2 rings (SSSR count). The van der Waals surface area contributed by atoms with Gasteiger partial charge in [0.1, 0.15) is 10.7 Å². The van der Waals surface area contributed by atoms with Crippen LogP contribution in [0.2, 0.25) is 5.02 Å². The second kappa shape index (κ2) is 5.92. The predicted molar refractivity (Wildman–Crippen MR) is 81.3 cm³/mol. The van der Waals surface area contributed by atoms with Crippen LogP contribution in [0.25, 0.3) is 0 Å². The van der Waals surface area contributed by atoms with Crippen molar-refractivity contribution in [1.82, 2.24) is 0 Å². The zero-order valence-corrected chi connectivity index (χ0v) is 12.0. The van der Waals surface area contributed by atoms with Gasteiger partial charge in [0.25, 0.3) is 0 Å². The van der Waals surface area contributed by atoms with E-state index in [9.17, 15) is 10.1 Å². The minimum atomic E-state index is -0.463. The molecule has 0 saturated carbocycles. The fraction of sp³-hybridized carbons (Fsp3) is 0.200. The van der Waals surface area contributed by atoms with Crippen molar-refractivity contribution in [1.29, 1.82) is 0 Å². The Balaban J connectivity index is 2.33. The number of halogens is 1. The van der Waals surface area contributed by atoms with Gasteiger partial charge in [-0.25, -0.2) is 0 Å². The highest BCUT2D eigenvalue weighted by molar-refractivity contribution is 6.33. The third kappa shape index (κ3) is 2.91. The monoisotopic (exact) mass is 290 g/mol. The summed E-state index contributed by atoms with van der Waals surface area (Å²) in [6, 6.07) is 12.8. The number of aryl methyl sites for hydroxylation is 1. The lowest BCUT2D eigenvalue weighted by Crippen LogP contribution is -2.09. The van der Waals surface area contributed by atoms with E-state index in [1.165, 1.54) is 6.07 Å². The molecule has 1 N–H and O–H groups in total. The maximum atomic E-state index is 11.1. The maximum Gasteiger partial charge on any atom is 0.310 e. The fourth-order valence-electron chi connectivity index (χ4n) is 2.20. The summed E-state index contributed by atoms with van der Waals surface area (Å²) in [6.07, 6.45) is 0. The number of nitro benzene ring substituents is 1. The first-order chi connectivity index (χ1) is 9.50. The van der Waals surface area contributed by atoms with E-state index in [1.807, 2.05) is 38.1 Å². The lowest BCUT2D eigenvalue weighted by molar-refractivity contribution is -0.383. The first-order valence-electron chi connectivity index (χ1n) is 6.25. The molecule has 0 amide bonds. The van der Waals surface area contributed by atoms with Crippen molar-refractivity contribution in [2.75, 3.05) is 5.32 Å². The molecule has 0 spiro atoms. The van der Waals surface area contributed by atoms with Gasteiger partial charge in [0, 0.05) is 6.04 Å². The Labute approximate surface area is 122 Å². The van der Waals surface area contributed by atoms with Crippen LogP contribution in [0, 0.1) is 17.0 Å². The number of hydrogen-bond acceptors (Lipinski definition) is 3. The molecule has 0 aliphatic carbocycles. The average molecular weight is 291 g/mol. The fourth-order valence-corrected chi connectivity index (χ4v) is 2.44. The Morgan fingerprint density at radius 1 is 1.20 bits per heavy atom. The molecule has 0 fully saturated rings. The van der Waals surface area contributed by atoms with E-state index in [4.69, 9.17) is 11.6 Å². The minimum Gasteiger partial charge on any atom is -0.373 e. The number of benzene rings is 2. The number of para-hydroxylation sites is 1. The Kier molecular flexibility index (Phi) is 4.25. The standard InChI is InChI=1S/C15H15ClN2O2/c1-10-6-3-4-7-12(10)11(2)17-14-9-5-8-13(16)15(14)18(19)20/h3-9,11,17H,1-2H3. The zero-order valence-electron chi connectivity index (χ0n) is 11.3. The van der Waals surface area contributed by atoms with Gasteiger partial charge in [0.05, 0.1) is 4.92 Å². The van der Waals surface area contributed by atoms with Gasteiger partial charge < -0.3 is 5.32 Å². The van der Waals surface area contributed by atoms with Crippen LogP contribution in [0.15, 0.2) is 42.5 Å². The predicted octanol–water partition coefficient (Wildman–Crippen LogP) is 4.73. The molecule has 0 saturated heterocycles. The van der Waals surface area contributed by atoms with E-state index in [0.717, 1.165) is 11.1 Å². The second-order valence-electron chi connectivity index (χ2n) is 4.62. The largest absolute Gasteiger partial charge is 0.373 e. The first-order valence-corrected chi connectivity index (χ1v) is 6.63. The molecular weight excluding hydrogens is 276 g/mol. The number of hydrogen-bond donors (Lipinski definition) is 1. The number of nitro groups is 1. The minimum absolute atomic E-state index is 0.0478. The van der Waals surface area contributed by atoms with Gasteiger partial charge in [-0.05, 0) is 37.1 Å². The van der Waals surface area contributed by atoms with Gasteiger partial charge in [0.15, 0.2) is 0 Å². The normalized spacial score (nSPS) is 11.9. The molecule has 0 aromatic heterocycles. The highest BCUT2D eigenvalue weighted by Crippen LogP contribution is 2.34. The molecule has 0 radical (unpaired) electrons. The van der Waals surface area contributed by atoms with Crippen molar-refractivity contribution in [2.24, 2.45) is 0 Å². The Morgan fingerprint density at radius 3 is 2.55 bits per heavy atom. The van der Waals surface area contributed by atoms with Crippen LogP contribution in [-0.4, -0.2) is 4.92 Å². The van der Waals surface area contributed by atoms with Crippen LogP contribution in [0.4, 0.5) is 11.4 Å². The van der Waals surface area contributed by atoms with Gasteiger partial charge in [-0.3, -0.25) is 10.1 Å². The van der Waals surface area contributed by atoms with E-state index in [-0.39, 0.29) is 16.8 Å². The van der Waals surface area contributed by atoms with Gasteiger partial charge >= 0.3 is 5.69 Å². The van der Waals surface area contributed by atoms with Gasteiger partial charge in [-0.15, -0.1) is 0 Å². The molecule has 104 valence electrons. The Morgan fingerprint density at radius 2 is 1.90 bits per heavy atom. The molecule has 0 aliphatic rings. The summed E-state index contributed by atoms with van der Waals surface area (Å²) in [5, 5.41) is 14.4. The van der Waals surface area contributed by atoms with Gasteiger partial charge in [-0.2, -0.15) is 0 Å². The third-order valence-electron chi connectivity index (χ3n) is 3.20. The molecule has 5 heteroatoms. The summed E-state index contributed by atoms with van der Waals surface area (Å²) in [6.45, 7) is 3.98. The van der Waals surface area contributed by atoms with Crippen LogP contribution in [0.3, 0.4) is 0 Å². The first kappa shape index (κ1) is 14.3. The van der Waals surface area contributed by atoms with Crippen LogP contribution in [0.5, 0.6) is 0 Å². The highest BCUT2D eigenvalue weighted by atomic mass is 35.5. The smallest absolute Gasteiger partial charge is 0.310 e. The van der Waals surface area contributed by atoms with E-state index in [0.29, 0.717) is 5.69 Å². The van der Waals surface area contributed by atoms with E-state index in [1.54, 1.807) is 12.1 Å². The summed E-state index contributed by atoms with van der Waals surface area (Å²) < 4.78 is 0. The molecule has 1 atom stereocenters. The van der Waals surface area contributed by atoms with Crippen molar-refractivity contribution < 1.29 is 4.92 Å². The molecule has 4 nitrogen and oxygen atoms in total. The molecule has 2 aromatic carbocycles. The second-order valence-corrected chi connectivity index (χ2v) is 5.02. The average Bonchev–Trinajstić information content (AvgIpc) is 2.38. The topological polar surface area (TPSA) is 55.2 Å². The zero-order chi connectivity index (χ0) is 14.7. The Bertz CT molecular complexity index is 644. The maximum absolute atomic E-state index is 11.1. The SMILES string of the molecule is Cc1ccccc1C(C)Nc1cccc(Cl)c1[N+](=O)[O-]. The number of anilines is 1. The van der Waals surface area contributed by atoms with Crippen molar-refractivity contribution in [2.45, 2.75) is 19.9 Å². The van der Waals surface area contributed by atoms with E-state index in [2.05, 4.69) is 5.32 Å². The summed E-state index contributed by atoms with van der Waals surface area (Å²) in [5.74, 6) is 0. The molecule has 1 unspecified atom stereocenters. The summed E-state index contributed by atoms with van der Waals surface area (Å²) in [7, 11) is 0. The summed E-state index contributed by atoms with van der Waals surface area (Å²) >= 11 is 5.90. The van der Waals surface area contributed by atoms with Gasteiger partial charge in [0.2, 0.25) is 0 Å². The van der Waals surface area contributed by atoms with Crippen molar-refractivity contribution in [3.05, 3.63) is 68.7 Å². The lowest BCUT2D eigenvalue weighted by Gasteiger charge is -2.18.